The minimum Gasteiger partial charge on any atom is -0.336 e. The van der Waals surface area contributed by atoms with Crippen LogP contribution in [0.5, 0.6) is 0 Å². The second-order valence-corrected chi connectivity index (χ2v) is 13.2. The molecule has 0 aliphatic carbocycles. The van der Waals surface area contributed by atoms with E-state index in [2.05, 4.69) is 9.62 Å². The van der Waals surface area contributed by atoms with Crippen molar-refractivity contribution in [1.82, 2.24) is 14.5 Å². The number of carbonyl (C=O) groups excluding carboxylic acids is 1. The lowest BCUT2D eigenvalue weighted by Gasteiger charge is -2.37. The van der Waals surface area contributed by atoms with Crippen molar-refractivity contribution in [3.63, 3.8) is 0 Å². The molecular formula is C21H27N3O5S3. The van der Waals surface area contributed by atoms with Crippen LogP contribution < -0.4 is 4.72 Å². The first kappa shape index (κ1) is 23.4. The van der Waals surface area contributed by atoms with E-state index in [1.165, 1.54) is 12.1 Å². The predicted molar refractivity (Wildman–Crippen MR) is 124 cm³/mol. The molecule has 1 N–H and O–H groups in total. The van der Waals surface area contributed by atoms with Crippen molar-refractivity contribution in [1.29, 1.82) is 0 Å². The average Bonchev–Trinajstić information content (AvgIpc) is 3.42. The summed E-state index contributed by atoms with van der Waals surface area (Å²) in [7, 11) is -6.56. The largest absolute Gasteiger partial charge is 0.336 e. The summed E-state index contributed by atoms with van der Waals surface area (Å²) in [5.41, 5.74) is 0.444. The molecule has 1 atom stereocenters. The van der Waals surface area contributed by atoms with Gasteiger partial charge in [-0.3, -0.25) is 9.69 Å². The second-order valence-electron chi connectivity index (χ2n) is 8.14. The molecule has 1 aromatic carbocycles. The molecule has 32 heavy (non-hydrogen) atoms. The Bertz CT molecular complexity index is 1140. The maximum atomic E-state index is 12.8. The number of sulfone groups is 1. The molecule has 2 fully saturated rings. The number of sulfonamides is 1. The summed E-state index contributed by atoms with van der Waals surface area (Å²) in [4.78, 5) is 18.0. The quantitative estimate of drug-likeness (QED) is 0.617. The summed E-state index contributed by atoms with van der Waals surface area (Å²) < 4.78 is 51.0. The van der Waals surface area contributed by atoms with Gasteiger partial charge in [-0.05, 0) is 48.6 Å². The number of rotatable bonds is 7. The minimum atomic E-state index is -3.63. The van der Waals surface area contributed by atoms with Crippen molar-refractivity contribution in [3.8, 4) is 0 Å². The highest BCUT2D eigenvalue weighted by Crippen LogP contribution is 2.20. The van der Waals surface area contributed by atoms with E-state index in [1.54, 1.807) is 28.4 Å². The minimum absolute atomic E-state index is 0.0501. The summed E-state index contributed by atoms with van der Waals surface area (Å²) >= 11 is 1.59. The van der Waals surface area contributed by atoms with E-state index >= 15 is 0 Å². The van der Waals surface area contributed by atoms with Crippen LogP contribution in [0.25, 0.3) is 0 Å². The van der Waals surface area contributed by atoms with Crippen LogP contribution in [0, 0.1) is 0 Å². The van der Waals surface area contributed by atoms with E-state index in [0.29, 0.717) is 51.1 Å². The summed E-state index contributed by atoms with van der Waals surface area (Å²) in [6, 6.07) is 9.96. The van der Waals surface area contributed by atoms with Crippen molar-refractivity contribution >= 4 is 37.1 Å². The lowest BCUT2D eigenvalue weighted by molar-refractivity contribution is 0.0587. The lowest BCUT2D eigenvalue weighted by atomic mass is 10.1. The first-order chi connectivity index (χ1) is 15.2. The normalized spacial score (nSPS) is 21.6. The molecule has 11 heteroatoms. The molecule has 2 aliphatic heterocycles. The van der Waals surface area contributed by atoms with E-state index in [4.69, 9.17) is 0 Å². The predicted octanol–water partition coefficient (Wildman–Crippen LogP) is 1.21. The number of amides is 1. The fourth-order valence-corrected chi connectivity index (χ4v) is 7.66. The molecule has 0 radical (unpaired) electrons. The maximum absolute atomic E-state index is 12.8. The van der Waals surface area contributed by atoms with Crippen LogP contribution in [-0.4, -0.2) is 82.8 Å². The van der Waals surface area contributed by atoms with Gasteiger partial charge in [0.15, 0.2) is 9.84 Å². The van der Waals surface area contributed by atoms with Gasteiger partial charge < -0.3 is 4.90 Å². The summed E-state index contributed by atoms with van der Waals surface area (Å²) in [6.45, 7) is 2.66. The smallest absolute Gasteiger partial charge is 0.253 e. The van der Waals surface area contributed by atoms with E-state index in [1.807, 2.05) is 17.5 Å². The third kappa shape index (κ3) is 5.57. The first-order valence-corrected chi connectivity index (χ1v) is 14.8. The van der Waals surface area contributed by atoms with Crippen LogP contribution in [0.15, 0.2) is 46.7 Å². The number of thiophene rings is 1. The molecule has 1 amide bonds. The number of benzene rings is 1. The number of carbonyl (C=O) groups is 1. The molecule has 4 rings (SSSR count). The van der Waals surface area contributed by atoms with Crippen molar-refractivity contribution in [2.45, 2.75) is 23.8 Å². The lowest BCUT2D eigenvalue weighted by Crippen LogP contribution is -2.52. The Morgan fingerprint density at radius 2 is 1.81 bits per heavy atom. The van der Waals surface area contributed by atoms with Gasteiger partial charge in [0.2, 0.25) is 10.0 Å². The molecule has 174 valence electrons. The molecule has 0 bridgehead atoms. The van der Waals surface area contributed by atoms with Crippen molar-refractivity contribution < 1.29 is 21.6 Å². The standard InChI is InChI=1S/C21H27N3O5S3/c25-21(24-12-10-23(11-13-24)18-8-15-31(26,27)16-18)17-3-5-20(6-4-17)32(28,29)22-9-7-19-2-1-14-30-19/h1-6,14,18,22H,7-13,15-16H2. The third-order valence-electron chi connectivity index (χ3n) is 5.98. The van der Waals surface area contributed by atoms with E-state index in [0.717, 1.165) is 4.88 Å². The zero-order valence-corrected chi connectivity index (χ0v) is 20.1. The Morgan fingerprint density at radius 1 is 1.09 bits per heavy atom. The van der Waals surface area contributed by atoms with Gasteiger partial charge in [-0.15, -0.1) is 11.3 Å². The Kier molecular flexibility index (Phi) is 7.01. The topological polar surface area (TPSA) is 104 Å². The van der Waals surface area contributed by atoms with Gasteiger partial charge in [0.25, 0.3) is 5.91 Å². The molecule has 2 aliphatic rings. The fraction of sp³-hybridized carbons (Fsp3) is 0.476. The highest BCUT2D eigenvalue weighted by Gasteiger charge is 2.34. The molecule has 2 saturated heterocycles. The van der Waals surface area contributed by atoms with Crippen molar-refractivity contribution in [2.75, 3.05) is 44.2 Å². The van der Waals surface area contributed by atoms with Crippen LogP contribution in [0.2, 0.25) is 0 Å². The third-order valence-corrected chi connectivity index (χ3v) is 10.1. The van der Waals surface area contributed by atoms with Gasteiger partial charge in [0, 0.05) is 49.2 Å². The van der Waals surface area contributed by atoms with Gasteiger partial charge in [0.05, 0.1) is 16.4 Å². The van der Waals surface area contributed by atoms with Crippen LogP contribution in [0.4, 0.5) is 0 Å². The van der Waals surface area contributed by atoms with Crippen LogP contribution >= 0.6 is 11.3 Å². The SMILES string of the molecule is O=C(c1ccc(S(=O)(=O)NCCc2cccs2)cc1)N1CCN(C2CCS(=O)(=O)C2)CC1. The molecule has 0 saturated carbocycles. The summed E-state index contributed by atoms with van der Waals surface area (Å²) in [5.74, 6) is 0.311. The average molecular weight is 498 g/mol. The molecule has 2 aromatic rings. The summed E-state index contributed by atoms with van der Waals surface area (Å²) in [5, 5.41) is 1.96. The van der Waals surface area contributed by atoms with Gasteiger partial charge in [-0.25, -0.2) is 21.6 Å². The Labute approximate surface area is 193 Å². The first-order valence-electron chi connectivity index (χ1n) is 10.6. The van der Waals surface area contributed by atoms with Crippen LogP contribution in [-0.2, 0) is 26.3 Å². The number of hydrogen-bond donors (Lipinski definition) is 1. The molecule has 0 spiro atoms. The van der Waals surface area contributed by atoms with E-state index in [-0.39, 0.29) is 28.4 Å². The fourth-order valence-electron chi connectivity index (χ4n) is 4.16. The zero-order valence-electron chi connectivity index (χ0n) is 17.6. The monoisotopic (exact) mass is 497 g/mol. The van der Waals surface area contributed by atoms with E-state index < -0.39 is 19.9 Å². The molecule has 3 heterocycles. The van der Waals surface area contributed by atoms with Gasteiger partial charge in [0.1, 0.15) is 0 Å². The number of nitrogens with zero attached hydrogens (tertiary/aromatic N) is 2. The maximum Gasteiger partial charge on any atom is 0.253 e. The molecule has 8 nitrogen and oxygen atoms in total. The number of nitrogens with one attached hydrogen (secondary N) is 1. The summed E-state index contributed by atoms with van der Waals surface area (Å²) in [6.07, 6.45) is 1.29. The Balaban J connectivity index is 1.30. The molecule has 1 aromatic heterocycles. The zero-order chi connectivity index (χ0) is 22.8. The second kappa shape index (κ2) is 9.60. The highest BCUT2D eigenvalue weighted by molar-refractivity contribution is 7.91. The van der Waals surface area contributed by atoms with Crippen molar-refractivity contribution in [3.05, 3.63) is 52.2 Å². The molecular weight excluding hydrogens is 470 g/mol. The van der Waals surface area contributed by atoms with Crippen LogP contribution in [0.3, 0.4) is 0 Å². The van der Waals surface area contributed by atoms with Gasteiger partial charge in [-0.2, -0.15) is 0 Å². The Hall–Kier alpha value is -1.79. The van der Waals surface area contributed by atoms with Gasteiger partial charge in [-0.1, -0.05) is 6.07 Å². The number of hydrogen-bond acceptors (Lipinski definition) is 7. The molecule has 1 unspecified atom stereocenters. The number of piperazine rings is 1. The van der Waals surface area contributed by atoms with E-state index in [9.17, 15) is 21.6 Å². The van der Waals surface area contributed by atoms with Crippen LogP contribution in [0.1, 0.15) is 21.7 Å². The Morgan fingerprint density at radius 3 is 2.41 bits per heavy atom. The highest BCUT2D eigenvalue weighted by atomic mass is 32.2. The van der Waals surface area contributed by atoms with Gasteiger partial charge >= 0.3 is 0 Å². The van der Waals surface area contributed by atoms with Crippen molar-refractivity contribution in [2.24, 2.45) is 0 Å².